The Morgan fingerprint density at radius 1 is 1.20 bits per heavy atom. The van der Waals surface area contributed by atoms with Crippen LogP contribution in [0, 0.1) is 0 Å². The van der Waals surface area contributed by atoms with E-state index in [0.717, 1.165) is 38.8 Å². The van der Waals surface area contributed by atoms with Crippen LogP contribution in [0.3, 0.4) is 0 Å². The molecular formula is C14H20F3N3. The van der Waals surface area contributed by atoms with E-state index in [-0.39, 0.29) is 5.69 Å². The predicted octanol–water partition coefficient (Wildman–Crippen LogP) is 2.05. The average molecular weight is 287 g/mol. The lowest BCUT2D eigenvalue weighted by Crippen LogP contribution is -2.46. The molecule has 1 aliphatic rings. The van der Waals surface area contributed by atoms with Crippen molar-refractivity contribution < 1.29 is 13.2 Å². The number of nitrogens with one attached hydrogen (secondary N) is 1. The average Bonchev–Trinajstić information content (AvgIpc) is 2.45. The number of hydrogen-bond acceptors (Lipinski definition) is 3. The lowest BCUT2D eigenvalue weighted by molar-refractivity contribution is -0.137. The molecule has 112 valence electrons. The fourth-order valence-electron chi connectivity index (χ4n) is 2.39. The maximum absolute atomic E-state index is 13.0. The van der Waals surface area contributed by atoms with E-state index in [1.807, 2.05) is 0 Å². The van der Waals surface area contributed by atoms with Gasteiger partial charge in [-0.05, 0) is 12.1 Å². The van der Waals surface area contributed by atoms with Crippen LogP contribution in [0.4, 0.5) is 18.9 Å². The Morgan fingerprint density at radius 3 is 2.50 bits per heavy atom. The molecule has 0 amide bonds. The molecule has 1 aromatic carbocycles. The Balaban J connectivity index is 2.00. The highest BCUT2D eigenvalue weighted by atomic mass is 19.4. The van der Waals surface area contributed by atoms with Gasteiger partial charge in [0.2, 0.25) is 0 Å². The summed E-state index contributed by atoms with van der Waals surface area (Å²) in [7, 11) is 1.72. The normalized spacial score (nSPS) is 17.2. The van der Waals surface area contributed by atoms with Crippen molar-refractivity contribution in [1.82, 2.24) is 10.2 Å². The van der Waals surface area contributed by atoms with Crippen LogP contribution in [0.25, 0.3) is 0 Å². The third kappa shape index (κ3) is 3.86. The molecule has 0 aromatic heterocycles. The van der Waals surface area contributed by atoms with Crippen LogP contribution in [0.15, 0.2) is 24.3 Å². The third-order valence-electron chi connectivity index (χ3n) is 3.58. The molecule has 1 N–H and O–H groups in total. The molecule has 1 fully saturated rings. The molecule has 0 atom stereocenters. The van der Waals surface area contributed by atoms with Gasteiger partial charge in [0.1, 0.15) is 0 Å². The smallest absolute Gasteiger partial charge is 0.373 e. The molecule has 2 rings (SSSR count). The van der Waals surface area contributed by atoms with Gasteiger partial charge in [0.05, 0.1) is 5.56 Å². The number of hydrogen-bond donors (Lipinski definition) is 1. The second-order valence-electron chi connectivity index (χ2n) is 5.03. The Morgan fingerprint density at radius 2 is 1.85 bits per heavy atom. The Labute approximate surface area is 117 Å². The fourth-order valence-corrected chi connectivity index (χ4v) is 2.39. The van der Waals surface area contributed by atoms with Crippen molar-refractivity contribution in [1.29, 1.82) is 0 Å². The molecular weight excluding hydrogens is 267 g/mol. The van der Waals surface area contributed by atoms with Crippen molar-refractivity contribution in [3.8, 4) is 0 Å². The first-order valence-electron chi connectivity index (χ1n) is 6.79. The highest BCUT2D eigenvalue weighted by Crippen LogP contribution is 2.35. The van der Waals surface area contributed by atoms with Gasteiger partial charge in [0.15, 0.2) is 0 Å². The first-order valence-corrected chi connectivity index (χ1v) is 6.79. The number of nitrogens with zero attached hydrogens (tertiary/aromatic N) is 2. The quantitative estimate of drug-likeness (QED) is 0.914. The van der Waals surface area contributed by atoms with Crippen molar-refractivity contribution >= 4 is 5.69 Å². The number of piperazine rings is 1. The minimum atomic E-state index is -4.31. The van der Waals surface area contributed by atoms with Crippen LogP contribution in [-0.4, -0.2) is 51.2 Å². The van der Waals surface area contributed by atoms with E-state index in [1.54, 1.807) is 18.0 Å². The molecule has 0 bridgehead atoms. The van der Waals surface area contributed by atoms with Gasteiger partial charge in [0, 0.05) is 52.0 Å². The molecule has 1 aliphatic heterocycles. The number of rotatable bonds is 4. The van der Waals surface area contributed by atoms with Gasteiger partial charge in [-0.25, -0.2) is 0 Å². The minimum absolute atomic E-state index is 0.245. The Hall–Kier alpha value is -1.27. The van der Waals surface area contributed by atoms with Crippen molar-refractivity contribution in [2.24, 2.45) is 0 Å². The van der Waals surface area contributed by atoms with Crippen LogP contribution in [0.5, 0.6) is 0 Å². The van der Waals surface area contributed by atoms with Crippen LogP contribution >= 0.6 is 0 Å². The lowest BCUT2D eigenvalue weighted by Gasteiger charge is -2.30. The molecule has 0 spiro atoms. The summed E-state index contributed by atoms with van der Waals surface area (Å²) in [6.45, 7) is 5.17. The maximum Gasteiger partial charge on any atom is 0.418 e. The van der Waals surface area contributed by atoms with E-state index >= 15 is 0 Å². The first-order chi connectivity index (χ1) is 9.48. The van der Waals surface area contributed by atoms with Gasteiger partial charge in [-0.1, -0.05) is 12.1 Å². The van der Waals surface area contributed by atoms with E-state index in [0.29, 0.717) is 6.54 Å². The highest BCUT2D eigenvalue weighted by Gasteiger charge is 2.34. The summed E-state index contributed by atoms with van der Waals surface area (Å²) >= 11 is 0. The summed E-state index contributed by atoms with van der Waals surface area (Å²) in [5, 5.41) is 3.26. The van der Waals surface area contributed by atoms with E-state index in [9.17, 15) is 13.2 Å². The standard InChI is InChI=1S/C14H20F3N3/c1-19(10-11-20-8-6-18-7-9-20)13-5-3-2-4-12(13)14(15,16)17/h2-5,18H,6-11H2,1H3. The fraction of sp³-hybridized carbons (Fsp3) is 0.571. The van der Waals surface area contributed by atoms with Gasteiger partial charge in [-0.15, -0.1) is 0 Å². The van der Waals surface area contributed by atoms with E-state index in [4.69, 9.17) is 0 Å². The zero-order valence-corrected chi connectivity index (χ0v) is 11.6. The monoisotopic (exact) mass is 287 g/mol. The van der Waals surface area contributed by atoms with Gasteiger partial charge >= 0.3 is 6.18 Å². The molecule has 0 saturated carbocycles. The number of halogens is 3. The molecule has 0 aliphatic carbocycles. The zero-order valence-electron chi connectivity index (χ0n) is 11.6. The molecule has 1 heterocycles. The number of alkyl halides is 3. The van der Waals surface area contributed by atoms with Crippen molar-refractivity contribution in [2.45, 2.75) is 6.18 Å². The van der Waals surface area contributed by atoms with Gasteiger partial charge in [0.25, 0.3) is 0 Å². The lowest BCUT2D eigenvalue weighted by atomic mass is 10.1. The van der Waals surface area contributed by atoms with Crippen molar-refractivity contribution in [2.75, 3.05) is 51.2 Å². The van der Waals surface area contributed by atoms with Crippen molar-refractivity contribution in [3.63, 3.8) is 0 Å². The van der Waals surface area contributed by atoms with Crippen LogP contribution in [-0.2, 0) is 6.18 Å². The van der Waals surface area contributed by atoms with E-state index in [1.165, 1.54) is 12.1 Å². The minimum Gasteiger partial charge on any atom is -0.373 e. The van der Waals surface area contributed by atoms with Crippen LogP contribution in [0.1, 0.15) is 5.56 Å². The molecule has 0 radical (unpaired) electrons. The summed E-state index contributed by atoms with van der Waals surface area (Å²) in [6, 6.07) is 5.74. The Kier molecular flexibility index (Phi) is 4.88. The highest BCUT2D eigenvalue weighted by molar-refractivity contribution is 5.54. The predicted molar refractivity (Wildman–Crippen MR) is 74.0 cm³/mol. The first kappa shape index (κ1) is 15.1. The van der Waals surface area contributed by atoms with Gasteiger partial charge in [-0.3, -0.25) is 4.90 Å². The number of likely N-dealkylation sites (N-methyl/N-ethyl adjacent to an activating group) is 1. The summed E-state index contributed by atoms with van der Waals surface area (Å²) in [4.78, 5) is 3.95. The van der Waals surface area contributed by atoms with Crippen LogP contribution < -0.4 is 10.2 Å². The summed E-state index contributed by atoms with van der Waals surface area (Å²) in [5.41, 5.74) is -0.321. The van der Waals surface area contributed by atoms with Gasteiger partial charge in [-0.2, -0.15) is 13.2 Å². The summed E-state index contributed by atoms with van der Waals surface area (Å²) < 4.78 is 38.9. The third-order valence-corrected chi connectivity index (χ3v) is 3.58. The number of para-hydroxylation sites is 1. The van der Waals surface area contributed by atoms with Crippen molar-refractivity contribution in [3.05, 3.63) is 29.8 Å². The summed E-state index contributed by atoms with van der Waals surface area (Å²) in [6.07, 6.45) is -4.31. The number of benzene rings is 1. The molecule has 6 heteroatoms. The second kappa shape index (κ2) is 6.45. The maximum atomic E-state index is 13.0. The summed E-state index contributed by atoms with van der Waals surface area (Å²) in [5.74, 6) is 0. The molecule has 20 heavy (non-hydrogen) atoms. The molecule has 0 unspecified atom stereocenters. The molecule has 1 saturated heterocycles. The molecule has 3 nitrogen and oxygen atoms in total. The van der Waals surface area contributed by atoms with Gasteiger partial charge < -0.3 is 10.2 Å². The number of anilines is 1. The topological polar surface area (TPSA) is 18.5 Å². The SMILES string of the molecule is CN(CCN1CCNCC1)c1ccccc1C(F)(F)F. The van der Waals surface area contributed by atoms with E-state index in [2.05, 4.69) is 10.2 Å². The largest absolute Gasteiger partial charge is 0.418 e. The second-order valence-corrected chi connectivity index (χ2v) is 5.03. The van der Waals surface area contributed by atoms with Crippen LogP contribution in [0.2, 0.25) is 0 Å². The van der Waals surface area contributed by atoms with E-state index < -0.39 is 11.7 Å². The Bertz CT molecular complexity index is 428. The zero-order chi connectivity index (χ0) is 14.6. The molecule has 1 aromatic rings.